The third-order valence-electron chi connectivity index (χ3n) is 3.58. The van der Waals surface area contributed by atoms with E-state index in [1.54, 1.807) is 30.3 Å². The van der Waals surface area contributed by atoms with Gasteiger partial charge in [-0.15, -0.1) is 0 Å². The zero-order valence-corrected chi connectivity index (χ0v) is 16.0. The minimum absolute atomic E-state index is 0.0508. The maximum absolute atomic E-state index is 11.9. The van der Waals surface area contributed by atoms with Crippen molar-refractivity contribution in [2.45, 2.75) is 6.42 Å². The van der Waals surface area contributed by atoms with Crippen molar-refractivity contribution >= 4 is 29.4 Å². The van der Waals surface area contributed by atoms with E-state index in [1.807, 2.05) is 0 Å². The van der Waals surface area contributed by atoms with Crippen molar-refractivity contribution in [3.05, 3.63) is 58.6 Å². The summed E-state index contributed by atoms with van der Waals surface area (Å²) in [5.41, 5.74) is 5.33. The predicted molar refractivity (Wildman–Crippen MR) is 101 cm³/mol. The molecule has 0 aliphatic heterocycles. The van der Waals surface area contributed by atoms with Crippen LogP contribution in [0.25, 0.3) is 0 Å². The molecule has 0 bridgehead atoms. The minimum atomic E-state index is -0.678. The highest BCUT2D eigenvalue weighted by Gasteiger charge is 2.12. The van der Waals surface area contributed by atoms with Crippen LogP contribution in [0.1, 0.15) is 15.9 Å². The zero-order chi connectivity index (χ0) is 20.5. The van der Waals surface area contributed by atoms with E-state index in [9.17, 15) is 14.4 Å². The van der Waals surface area contributed by atoms with Crippen molar-refractivity contribution in [1.29, 1.82) is 0 Å². The van der Waals surface area contributed by atoms with Crippen LogP contribution in [0.3, 0.4) is 0 Å². The van der Waals surface area contributed by atoms with Crippen molar-refractivity contribution in [3.63, 3.8) is 0 Å². The quantitative estimate of drug-likeness (QED) is 0.537. The second-order valence-corrected chi connectivity index (χ2v) is 5.97. The second-order valence-electron chi connectivity index (χ2n) is 5.54. The first-order valence-corrected chi connectivity index (χ1v) is 8.52. The Kier molecular flexibility index (Phi) is 7.65. The van der Waals surface area contributed by atoms with Gasteiger partial charge in [-0.2, -0.15) is 0 Å². The number of benzene rings is 2. The van der Waals surface area contributed by atoms with Crippen molar-refractivity contribution in [2.24, 2.45) is 0 Å². The smallest absolute Gasteiger partial charge is 0.310 e. The zero-order valence-electron chi connectivity index (χ0n) is 15.3. The molecule has 0 atom stereocenters. The van der Waals surface area contributed by atoms with E-state index in [2.05, 4.69) is 10.9 Å². The fourth-order valence-corrected chi connectivity index (χ4v) is 2.32. The fraction of sp³-hybridized carbons (Fsp3) is 0.211. The molecule has 2 rings (SSSR count). The summed E-state index contributed by atoms with van der Waals surface area (Å²) in [6, 6.07) is 11.1. The molecule has 28 heavy (non-hydrogen) atoms. The first-order chi connectivity index (χ1) is 13.4. The van der Waals surface area contributed by atoms with Crippen molar-refractivity contribution in [2.75, 3.05) is 20.8 Å². The van der Waals surface area contributed by atoms with E-state index < -0.39 is 24.4 Å². The average Bonchev–Trinajstić information content (AvgIpc) is 2.70. The first kappa shape index (κ1) is 21.0. The van der Waals surface area contributed by atoms with Crippen LogP contribution in [0.5, 0.6) is 11.5 Å². The number of nitrogens with one attached hydrogen (secondary N) is 2. The molecule has 0 fully saturated rings. The van der Waals surface area contributed by atoms with E-state index >= 15 is 0 Å². The standard InChI is InChI=1S/C19H19ClN2O6/c1-26-15-8-3-12(9-16(15)27-2)10-18(24)28-11-17(23)21-22-19(25)13-4-6-14(20)7-5-13/h3-9H,10-11H2,1-2H3,(H,21,23)(H,22,25). The Balaban J connectivity index is 1.77. The van der Waals surface area contributed by atoms with Gasteiger partial charge in [-0.1, -0.05) is 17.7 Å². The topological polar surface area (TPSA) is 103 Å². The third-order valence-corrected chi connectivity index (χ3v) is 3.83. The van der Waals surface area contributed by atoms with Gasteiger partial charge in [0.25, 0.3) is 11.8 Å². The lowest BCUT2D eigenvalue weighted by Gasteiger charge is -2.10. The fourth-order valence-electron chi connectivity index (χ4n) is 2.19. The van der Waals surface area contributed by atoms with Crippen LogP contribution < -0.4 is 20.3 Å². The van der Waals surface area contributed by atoms with Crippen LogP contribution in [-0.2, 0) is 20.7 Å². The van der Waals surface area contributed by atoms with Gasteiger partial charge in [0.2, 0.25) is 0 Å². The number of amides is 2. The van der Waals surface area contributed by atoms with E-state index in [4.69, 9.17) is 25.8 Å². The summed E-state index contributed by atoms with van der Waals surface area (Å²) in [5.74, 6) is -0.790. The molecular formula is C19H19ClN2O6. The molecule has 8 nitrogen and oxygen atoms in total. The molecule has 2 aromatic carbocycles. The molecule has 2 aromatic rings. The van der Waals surface area contributed by atoms with Crippen LogP contribution in [0.4, 0.5) is 0 Å². The minimum Gasteiger partial charge on any atom is -0.493 e. The molecule has 0 radical (unpaired) electrons. The van der Waals surface area contributed by atoms with Gasteiger partial charge in [0.1, 0.15) is 0 Å². The number of hydrazine groups is 1. The van der Waals surface area contributed by atoms with Crippen LogP contribution in [0, 0.1) is 0 Å². The summed E-state index contributed by atoms with van der Waals surface area (Å²) < 4.78 is 15.2. The molecule has 9 heteroatoms. The maximum Gasteiger partial charge on any atom is 0.310 e. The summed E-state index contributed by atoms with van der Waals surface area (Å²) in [5, 5.41) is 0.488. The molecule has 2 amide bonds. The molecule has 0 aliphatic carbocycles. The highest BCUT2D eigenvalue weighted by Crippen LogP contribution is 2.27. The number of carbonyl (C=O) groups excluding carboxylic acids is 3. The highest BCUT2D eigenvalue weighted by molar-refractivity contribution is 6.30. The van der Waals surface area contributed by atoms with Gasteiger partial charge in [-0.3, -0.25) is 25.2 Å². The van der Waals surface area contributed by atoms with Crippen molar-refractivity contribution in [1.82, 2.24) is 10.9 Å². The average molecular weight is 407 g/mol. The van der Waals surface area contributed by atoms with E-state index in [-0.39, 0.29) is 6.42 Å². The Morgan fingerprint density at radius 1 is 0.929 bits per heavy atom. The molecule has 0 saturated carbocycles. The van der Waals surface area contributed by atoms with Crippen LogP contribution >= 0.6 is 11.6 Å². The number of hydrogen-bond donors (Lipinski definition) is 2. The third kappa shape index (κ3) is 6.17. The van der Waals surface area contributed by atoms with Crippen LogP contribution in [0.2, 0.25) is 5.02 Å². The molecule has 148 valence electrons. The number of ether oxygens (including phenoxy) is 3. The van der Waals surface area contributed by atoms with Gasteiger partial charge >= 0.3 is 5.97 Å². The molecule has 0 unspecified atom stereocenters. The number of rotatable bonds is 7. The molecular weight excluding hydrogens is 388 g/mol. The highest BCUT2D eigenvalue weighted by atomic mass is 35.5. The van der Waals surface area contributed by atoms with Crippen molar-refractivity contribution in [3.8, 4) is 11.5 Å². The Labute approximate surface area is 166 Å². The Hall–Kier alpha value is -3.26. The SMILES string of the molecule is COc1ccc(CC(=O)OCC(=O)NNC(=O)c2ccc(Cl)cc2)cc1OC. The van der Waals surface area contributed by atoms with Gasteiger partial charge in [-0.05, 0) is 42.0 Å². The summed E-state index contributed by atoms with van der Waals surface area (Å²) in [7, 11) is 3.00. The molecule has 0 spiro atoms. The normalized spacial score (nSPS) is 9.96. The number of hydrogen-bond acceptors (Lipinski definition) is 6. The number of methoxy groups -OCH3 is 2. The molecule has 0 saturated heterocycles. The van der Waals surface area contributed by atoms with Gasteiger partial charge in [-0.25, -0.2) is 0 Å². The van der Waals surface area contributed by atoms with Crippen molar-refractivity contribution < 1.29 is 28.6 Å². The lowest BCUT2D eigenvalue weighted by molar-refractivity contribution is -0.148. The molecule has 2 N–H and O–H groups in total. The lowest BCUT2D eigenvalue weighted by atomic mass is 10.1. The van der Waals surface area contributed by atoms with E-state index in [1.165, 1.54) is 26.4 Å². The predicted octanol–water partition coefficient (Wildman–Crippen LogP) is 1.90. The Morgan fingerprint density at radius 3 is 2.25 bits per heavy atom. The van der Waals surface area contributed by atoms with Crippen LogP contribution in [-0.4, -0.2) is 38.6 Å². The van der Waals surface area contributed by atoms with Crippen LogP contribution in [0.15, 0.2) is 42.5 Å². The molecule has 0 heterocycles. The Bertz CT molecular complexity index is 854. The summed E-state index contributed by atoms with van der Waals surface area (Å²) in [6.07, 6.45) is -0.0508. The summed E-state index contributed by atoms with van der Waals surface area (Å²) in [6.45, 7) is -0.535. The van der Waals surface area contributed by atoms with Gasteiger partial charge in [0, 0.05) is 10.6 Å². The number of carbonyl (C=O) groups is 3. The Morgan fingerprint density at radius 2 is 1.61 bits per heavy atom. The second kappa shape index (κ2) is 10.2. The number of halogens is 1. The van der Waals surface area contributed by atoms with Gasteiger partial charge in [0.15, 0.2) is 18.1 Å². The molecule has 0 aliphatic rings. The first-order valence-electron chi connectivity index (χ1n) is 8.14. The summed E-state index contributed by atoms with van der Waals surface area (Å²) in [4.78, 5) is 35.5. The van der Waals surface area contributed by atoms with E-state index in [0.717, 1.165) is 0 Å². The lowest BCUT2D eigenvalue weighted by Crippen LogP contribution is -2.43. The van der Waals surface area contributed by atoms with Gasteiger partial charge in [0.05, 0.1) is 20.6 Å². The maximum atomic E-state index is 11.9. The monoisotopic (exact) mass is 406 g/mol. The van der Waals surface area contributed by atoms with Gasteiger partial charge < -0.3 is 14.2 Å². The number of esters is 1. The largest absolute Gasteiger partial charge is 0.493 e. The van der Waals surface area contributed by atoms with E-state index in [0.29, 0.717) is 27.6 Å². The summed E-state index contributed by atoms with van der Waals surface area (Å²) >= 11 is 5.74. The molecule has 0 aromatic heterocycles.